The van der Waals surface area contributed by atoms with E-state index in [-0.39, 0.29) is 5.82 Å². The minimum absolute atomic E-state index is 0.297. The Morgan fingerprint density at radius 1 is 1.10 bits per heavy atom. The lowest BCUT2D eigenvalue weighted by molar-refractivity contribution is 0.173. The maximum Gasteiger partial charge on any atom is 0.123 e. The largest absolute Gasteiger partial charge is 0.386 e. The third kappa shape index (κ3) is 3.14. The Hall–Kier alpha value is -2.53. The van der Waals surface area contributed by atoms with Gasteiger partial charge in [-0.25, -0.2) is 4.39 Å². The first-order chi connectivity index (χ1) is 10.2. The van der Waals surface area contributed by atoms with Gasteiger partial charge in [-0.05, 0) is 29.8 Å². The molecule has 0 saturated carbocycles. The van der Waals surface area contributed by atoms with Crippen LogP contribution in [0.5, 0.6) is 0 Å². The van der Waals surface area contributed by atoms with Gasteiger partial charge in [0, 0.05) is 6.42 Å². The molecule has 0 radical (unpaired) electrons. The van der Waals surface area contributed by atoms with Gasteiger partial charge in [-0.1, -0.05) is 30.3 Å². The van der Waals surface area contributed by atoms with Crippen molar-refractivity contribution >= 4 is 0 Å². The molecule has 0 aliphatic rings. The molecule has 3 rings (SSSR count). The van der Waals surface area contributed by atoms with Crippen LogP contribution in [0.1, 0.15) is 17.4 Å². The highest BCUT2D eigenvalue weighted by atomic mass is 19.1. The number of hydrogen-bond donors (Lipinski definition) is 1. The van der Waals surface area contributed by atoms with Crippen molar-refractivity contribution in [3.63, 3.8) is 0 Å². The zero-order valence-corrected chi connectivity index (χ0v) is 11.2. The fourth-order valence-corrected chi connectivity index (χ4v) is 2.11. The molecule has 0 amide bonds. The van der Waals surface area contributed by atoms with Crippen LogP contribution in [0.4, 0.5) is 4.39 Å². The van der Waals surface area contributed by atoms with Crippen molar-refractivity contribution in [2.45, 2.75) is 12.5 Å². The first-order valence-electron chi connectivity index (χ1n) is 6.62. The normalized spacial score (nSPS) is 12.3. The summed E-state index contributed by atoms with van der Waals surface area (Å²) in [6.07, 6.45) is 1.01. The van der Waals surface area contributed by atoms with Crippen molar-refractivity contribution in [2.75, 3.05) is 0 Å². The molecular weight excluding hydrogens is 269 g/mol. The van der Waals surface area contributed by atoms with E-state index in [1.54, 1.807) is 12.1 Å². The number of para-hydroxylation sites is 1. The summed E-state index contributed by atoms with van der Waals surface area (Å²) in [5, 5.41) is 18.6. The van der Waals surface area contributed by atoms with Gasteiger partial charge in [0.05, 0.1) is 11.9 Å². The van der Waals surface area contributed by atoms with Gasteiger partial charge in [-0.3, -0.25) is 0 Å². The van der Waals surface area contributed by atoms with E-state index in [1.807, 2.05) is 30.3 Å². The molecule has 21 heavy (non-hydrogen) atoms. The summed E-state index contributed by atoms with van der Waals surface area (Å²) in [7, 11) is 0. The van der Waals surface area contributed by atoms with E-state index in [1.165, 1.54) is 23.1 Å². The molecule has 1 heterocycles. The van der Waals surface area contributed by atoms with E-state index in [4.69, 9.17) is 0 Å². The molecule has 0 fully saturated rings. The lowest BCUT2D eigenvalue weighted by atomic mass is 10.1. The molecular formula is C16H14FN3O. The molecule has 1 aromatic heterocycles. The van der Waals surface area contributed by atoms with Crippen molar-refractivity contribution in [2.24, 2.45) is 0 Å². The highest BCUT2D eigenvalue weighted by Crippen LogP contribution is 2.17. The SMILES string of the molecule is OC(Cc1cccc(F)c1)c1cnn(-c2ccccc2)n1. The number of rotatable bonds is 4. The molecule has 4 nitrogen and oxygen atoms in total. The fourth-order valence-electron chi connectivity index (χ4n) is 2.11. The molecule has 0 aliphatic heterocycles. The van der Waals surface area contributed by atoms with E-state index in [0.717, 1.165) is 11.3 Å². The monoisotopic (exact) mass is 283 g/mol. The maximum atomic E-state index is 13.1. The summed E-state index contributed by atoms with van der Waals surface area (Å²) in [5.74, 6) is -0.312. The van der Waals surface area contributed by atoms with E-state index in [9.17, 15) is 9.50 Å². The van der Waals surface area contributed by atoms with Crippen LogP contribution < -0.4 is 0 Å². The summed E-state index contributed by atoms with van der Waals surface area (Å²) in [6, 6.07) is 15.6. The number of nitrogens with zero attached hydrogens (tertiary/aromatic N) is 3. The van der Waals surface area contributed by atoms with Gasteiger partial charge in [0.15, 0.2) is 0 Å². The quantitative estimate of drug-likeness (QED) is 0.801. The van der Waals surface area contributed by atoms with Gasteiger partial charge < -0.3 is 5.11 Å². The molecule has 1 N–H and O–H groups in total. The maximum absolute atomic E-state index is 13.1. The zero-order valence-electron chi connectivity index (χ0n) is 11.2. The Kier molecular flexibility index (Phi) is 3.75. The second-order valence-electron chi connectivity index (χ2n) is 4.74. The second kappa shape index (κ2) is 5.85. The van der Waals surface area contributed by atoms with Crippen LogP contribution >= 0.6 is 0 Å². The number of hydrogen-bond acceptors (Lipinski definition) is 3. The van der Waals surface area contributed by atoms with Crippen LogP contribution in [0.25, 0.3) is 5.69 Å². The van der Waals surface area contributed by atoms with Gasteiger partial charge >= 0.3 is 0 Å². The molecule has 0 spiro atoms. The Labute approximate surface area is 121 Å². The Morgan fingerprint density at radius 3 is 2.67 bits per heavy atom. The van der Waals surface area contributed by atoms with Crippen LogP contribution in [-0.4, -0.2) is 20.1 Å². The van der Waals surface area contributed by atoms with Crippen LogP contribution in [0.15, 0.2) is 60.8 Å². The number of halogens is 1. The van der Waals surface area contributed by atoms with Crippen LogP contribution in [0.3, 0.4) is 0 Å². The first kappa shape index (κ1) is 13.5. The highest BCUT2D eigenvalue weighted by molar-refractivity contribution is 5.28. The average molecular weight is 283 g/mol. The van der Waals surface area contributed by atoms with Gasteiger partial charge in [0.2, 0.25) is 0 Å². The van der Waals surface area contributed by atoms with Crippen molar-refractivity contribution in [1.82, 2.24) is 15.0 Å². The standard InChI is InChI=1S/C16H14FN3O/c17-13-6-4-5-12(9-13)10-16(21)15-11-18-20(19-15)14-7-2-1-3-8-14/h1-9,11,16,21H,10H2. The Morgan fingerprint density at radius 2 is 1.90 bits per heavy atom. The van der Waals surface area contributed by atoms with Crippen LogP contribution in [-0.2, 0) is 6.42 Å². The topological polar surface area (TPSA) is 50.9 Å². The lowest BCUT2D eigenvalue weighted by Crippen LogP contribution is -2.05. The van der Waals surface area contributed by atoms with E-state index in [2.05, 4.69) is 10.2 Å². The predicted octanol–water partition coefficient (Wildman–Crippen LogP) is 2.68. The van der Waals surface area contributed by atoms with Gasteiger partial charge in [0.25, 0.3) is 0 Å². The fraction of sp³-hybridized carbons (Fsp3) is 0.125. The lowest BCUT2D eigenvalue weighted by Gasteiger charge is -2.07. The summed E-state index contributed by atoms with van der Waals surface area (Å²) in [6.45, 7) is 0. The highest BCUT2D eigenvalue weighted by Gasteiger charge is 2.13. The second-order valence-corrected chi connectivity index (χ2v) is 4.74. The predicted molar refractivity (Wildman–Crippen MR) is 76.4 cm³/mol. The molecule has 5 heteroatoms. The first-order valence-corrected chi connectivity index (χ1v) is 6.62. The summed E-state index contributed by atoms with van der Waals surface area (Å²) in [5.41, 5.74) is 2.00. The van der Waals surface area contributed by atoms with Gasteiger partial charge in [0.1, 0.15) is 17.6 Å². The van der Waals surface area contributed by atoms with Gasteiger partial charge in [-0.2, -0.15) is 15.0 Å². The smallest absolute Gasteiger partial charge is 0.123 e. The summed E-state index contributed by atoms with van der Waals surface area (Å²) >= 11 is 0. The summed E-state index contributed by atoms with van der Waals surface area (Å²) in [4.78, 5) is 1.46. The van der Waals surface area contributed by atoms with Crippen molar-refractivity contribution in [1.29, 1.82) is 0 Å². The number of benzene rings is 2. The average Bonchev–Trinajstić information content (AvgIpc) is 2.98. The zero-order chi connectivity index (χ0) is 14.7. The Balaban J connectivity index is 1.77. The number of aromatic nitrogens is 3. The molecule has 2 aromatic carbocycles. The van der Waals surface area contributed by atoms with Crippen LogP contribution in [0.2, 0.25) is 0 Å². The van der Waals surface area contributed by atoms with Crippen molar-refractivity contribution < 1.29 is 9.50 Å². The number of aliphatic hydroxyl groups is 1. The minimum atomic E-state index is -0.815. The third-order valence-corrected chi connectivity index (χ3v) is 3.16. The molecule has 0 bridgehead atoms. The molecule has 106 valence electrons. The Bertz CT molecular complexity index is 727. The molecule has 1 atom stereocenters. The van der Waals surface area contributed by atoms with Gasteiger partial charge in [-0.15, -0.1) is 0 Å². The van der Waals surface area contributed by atoms with E-state index < -0.39 is 6.10 Å². The molecule has 1 unspecified atom stereocenters. The molecule has 3 aromatic rings. The third-order valence-electron chi connectivity index (χ3n) is 3.16. The van der Waals surface area contributed by atoms with Crippen molar-refractivity contribution in [3.05, 3.63) is 77.9 Å². The van der Waals surface area contributed by atoms with E-state index in [0.29, 0.717) is 12.1 Å². The van der Waals surface area contributed by atoms with Crippen LogP contribution in [0, 0.1) is 5.82 Å². The minimum Gasteiger partial charge on any atom is -0.386 e. The van der Waals surface area contributed by atoms with E-state index >= 15 is 0 Å². The number of aliphatic hydroxyl groups excluding tert-OH is 1. The molecule has 0 saturated heterocycles. The molecule has 0 aliphatic carbocycles. The summed E-state index contributed by atoms with van der Waals surface area (Å²) < 4.78 is 13.1. The van der Waals surface area contributed by atoms with Crippen molar-refractivity contribution in [3.8, 4) is 5.69 Å².